The van der Waals surface area contributed by atoms with Crippen molar-refractivity contribution in [2.24, 2.45) is 0 Å². The van der Waals surface area contributed by atoms with Crippen LogP contribution in [0.3, 0.4) is 0 Å². The standard InChI is InChI=1S/C14H16ClN3OS/c1-14(6-12-5-11(15)9-20-12)3-2-4-18(14)13(19)10-7-16-17-8-10/h5,7-9H,2-4,6H2,1H3,(H,16,17). The predicted molar refractivity (Wildman–Crippen MR) is 80.3 cm³/mol. The summed E-state index contributed by atoms with van der Waals surface area (Å²) in [7, 11) is 0. The average molecular weight is 310 g/mol. The van der Waals surface area contributed by atoms with Crippen molar-refractivity contribution in [3.8, 4) is 0 Å². The van der Waals surface area contributed by atoms with E-state index >= 15 is 0 Å². The highest BCUT2D eigenvalue weighted by Crippen LogP contribution is 2.35. The fourth-order valence-corrected chi connectivity index (χ4v) is 4.15. The van der Waals surface area contributed by atoms with Gasteiger partial charge in [0.15, 0.2) is 0 Å². The number of rotatable bonds is 3. The first-order valence-corrected chi connectivity index (χ1v) is 7.88. The SMILES string of the molecule is CC1(Cc2cc(Cl)cs2)CCCN1C(=O)c1cn[nH]c1. The van der Waals surface area contributed by atoms with Gasteiger partial charge in [-0.25, -0.2) is 0 Å². The first-order valence-electron chi connectivity index (χ1n) is 6.62. The van der Waals surface area contributed by atoms with Crippen molar-refractivity contribution in [1.82, 2.24) is 15.1 Å². The zero-order valence-corrected chi connectivity index (χ0v) is 12.8. The highest BCUT2D eigenvalue weighted by atomic mass is 35.5. The molecule has 106 valence electrons. The maximum atomic E-state index is 12.6. The van der Waals surface area contributed by atoms with E-state index in [9.17, 15) is 4.79 Å². The van der Waals surface area contributed by atoms with E-state index in [1.165, 1.54) is 4.88 Å². The summed E-state index contributed by atoms with van der Waals surface area (Å²) in [4.78, 5) is 15.8. The number of nitrogens with zero attached hydrogens (tertiary/aromatic N) is 2. The number of hydrogen-bond donors (Lipinski definition) is 1. The van der Waals surface area contributed by atoms with Crippen LogP contribution in [0.4, 0.5) is 0 Å². The van der Waals surface area contributed by atoms with Crippen LogP contribution in [0.2, 0.25) is 5.02 Å². The number of thiophene rings is 1. The highest BCUT2D eigenvalue weighted by molar-refractivity contribution is 7.10. The fourth-order valence-electron chi connectivity index (χ4n) is 2.90. The van der Waals surface area contributed by atoms with Crippen LogP contribution in [0.1, 0.15) is 35.0 Å². The number of amides is 1. The number of aromatic amines is 1. The van der Waals surface area contributed by atoms with Crippen LogP contribution < -0.4 is 0 Å². The van der Waals surface area contributed by atoms with Gasteiger partial charge in [-0.1, -0.05) is 11.6 Å². The first-order chi connectivity index (χ1) is 9.58. The van der Waals surface area contributed by atoms with Crippen LogP contribution in [-0.4, -0.2) is 33.1 Å². The molecule has 1 atom stereocenters. The summed E-state index contributed by atoms with van der Waals surface area (Å²) < 4.78 is 0. The normalized spacial score (nSPS) is 22.4. The second-order valence-electron chi connectivity index (χ2n) is 5.45. The number of hydrogen-bond acceptors (Lipinski definition) is 3. The summed E-state index contributed by atoms with van der Waals surface area (Å²) in [6, 6.07) is 2.00. The number of nitrogens with one attached hydrogen (secondary N) is 1. The molecule has 1 aliphatic rings. The lowest BCUT2D eigenvalue weighted by molar-refractivity contribution is 0.0626. The van der Waals surface area contributed by atoms with E-state index in [4.69, 9.17) is 11.6 Å². The van der Waals surface area contributed by atoms with Gasteiger partial charge in [-0.05, 0) is 25.8 Å². The van der Waals surface area contributed by atoms with Gasteiger partial charge in [-0.2, -0.15) is 5.10 Å². The van der Waals surface area contributed by atoms with Crippen molar-refractivity contribution in [3.63, 3.8) is 0 Å². The fraction of sp³-hybridized carbons (Fsp3) is 0.429. The monoisotopic (exact) mass is 309 g/mol. The molecule has 4 nitrogen and oxygen atoms in total. The van der Waals surface area contributed by atoms with Gasteiger partial charge >= 0.3 is 0 Å². The molecule has 1 fully saturated rings. The van der Waals surface area contributed by atoms with Crippen molar-refractivity contribution < 1.29 is 4.79 Å². The Labute approximate surface area is 126 Å². The first kappa shape index (κ1) is 13.6. The number of aromatic nitrogens is 2. The van der Waals surface area contributed by atoms with E-state index in [0.717, 1.165) is 30.8 Å². The Kier molecular flexibility index (Phi) is 3.56. The lowest BCUT2D eigenvalue weighted by atomic mass is 9.93. The minimum absolute atomic E-state index is 0.0569. The molecule has 6 heteroatoms. The topological polar surface area (TPSA) is 49.0 Å². The third-order valence-electron chi connectivity index (χ3n) is 3.92. The lowest BCUT2D eigenvalue weighted by Gasteiger charge is -2.35. The number of H-pyrrole nitrogens is 1. The van der Waals surface area contributed by atoms with Crippen LogP contribution >= 0.6 is 22.9 Å². The Morgan fingerprint density at radius 2 is 2.50 bits per heavy atom. The summed E-state index contributed by atoms with van der Waals surface area (Å²) in [5, 5.41) is 9.28. The Morgan fingerprint density at radius 3 is 3.15 bits per heavy atom. The van der Waals surface area contributed by atoms with E-state index < -0.39 is 0 Å². The maximum Gasteiger partial charge on any atom is 0.257 e. The molecule has 0 aromatic carbocycles. The Morgan fingerprint density at radius 1 is 1.65 bits per heavy atom. The molecule has 0 radical (unpaired) electrons. The molecular weight excluding hydrogens is 294 g/mol. The quantitative estimate of drug-likeness (QED) is 0.945. The van der Waals surface area contributed by atoms with Gasteiger partial charge in [0.2, 0.25) is 0 Å². The number of halogens is 1. The van der Waals surface area contributed by atoms with Crippen LogP contribution in [0, 0.1) is 0 Å². The third kappa shape index (κ3) is 2.47. The zero-order chi connectivity index (χ0) is 14.2. The van der Waals surface area contributed by atoms with Crippen LogP contribution in [-0.2, 0) is 6.42 Å². The molecule has 0 bridgehead atoms. The molecule has 1 N–H and O–H groups in total. The average Bonchev–Trinajstić information content (AvgIpc) is 3.10. The van der Waals surface area contributed by atoms with E-state index in [2.05, 4.69) is 17.1 Å². The minimum Gasteiger partial charge on any atom is -0.333 e. The van der Waals surface area contributed by atoms with Gasteiger partial charge < -0.3 is 4.90 Å². The molecular formula is C14H16ClN3OS. The number of likely N-dealkylation sites (tertiary alicyclic amines) is 1. The number of carbonyl (C=O) groups excluding carboxylic acids is 1. The predicted octanol–water partition coefficient (Wildman–Crippen LogP) is 3.36. The molecule has 20 heavy (non-hydrogen) atoms. The van der Waals surface area contributed by atoms with Crippen LogP contribution in [0.5, 0.6) is 0 Å². The van der Waals surface area contributed by atoms with Crippen molar-refractivity contribution in [1.29, 1.82) is 0 Å². The molecule has 3 rings (SSSR count). The molecule has 2 aromatic rings. The minimum atomic E-state index is -0.136. The largest absolute Gasteiger partial charge is 0.333 e. The van der Waals surface area contributed by atoms with Gasteiger partial charge in [-0.15, -0.1) is 11.3 Å². The van der Waals surface area contributed by atoms with E-state index in [1.54, 1.807) is 23.7 Å². The van der Waals surface area contributed by atoms with E-state index in [1.807, 2.05) is 16.3 Å². The Balaban J connectivity index is 1.82. The smallest absolute Gasteiger partial charge is 0.257 e. The highest BCUT2D eigenvalue weighted by Gasteiger charge is 2.40. The molecule has 0 saturated carbocycles. The molecule has 0 spiro atoms. The van der Waals surface area contributed by atoms with Crippen molar-refractivity contribution >= 4 is 28.8 Å². The van der Waals surface area contributed by atoms with E-state index in [0.29, 0.717) is 5.56 Å². The Hall–Kier alpha value is -1.33. The summed E-state index contributed by atoms with van der Waals surface area (Å²) >= 11 is 7.65. The summed E-state index contributed by atoms with van der Waals surface area (Å²) in [6.07, 6.45) is 6.16. The van der Waals surface area contributed by atoms with Gasteiger partial charge in [0, 0.05) is 35.0 Å². The molecule has 1 unspecified atom stereocenters. The zero-order valence-electron chi connectivity index (χ0n) is 11.2. The van der Waals surface area contributed by atoms with Gasteiger partial charge in [0.05, 0.1) is 16.8 Å². The van der Waals surface area contributed by atoms with Crippen LogP contribution in [0.25, 0.3) is 0 Å². The van der Waals surface area contributed by atoms with Crippen molar-refractivity contribution in [2.75, 3.05) is 6.54 Å². The van der Waals surface area contributed by atoms with Gasteiger partial charge in [0.25, 0.3) is 5.91 Å². The Bertz CT molecular complexity index is 610. The van der Waals surface area contributed by atoms with Gasteiger partial charge in [0.1, 0.15) is 0 Å². The molecule has 1 saturated heterocycles. The summed E-state index contributed by atoms with van der Waals surface area (Å²) in [6.45, 7) is 2.96. The molecule has 3 heterocycles. The number of carbonyl (C=O) groups is 1. The lowest BCUT2D eigenvalue weighted by Crippen LogP contribution is -2.46. The third-order valence-corrected chi connectivity index (χ3v) is 5.20. The molecule has 2 aromatic heterocycles. The van der Waals surface area contributed by atoms with E-state index in [-0.39, 0.29) is 11.4 Å². The summed E-state index contributed by atoms with van der Waals surface area (Å²) in [5.41, 5.74) is 0.491. The van der Waals surface area contributed by atoms with Crippen molar-refractivity contribution in [3.05, 3.63) is 39.3 Å². The molecule has 0 aliphatic carbocycles. The van der Waals surface area contributed by atoms with Crippen LogP contribution in [0.15, 0.2) is 23.8 Å². The summed E-state index contributed by atoms with van der Waals surface area (Å²) in [5.74, 6) is 0.0569. The van der Waals surface area contributed by atoms with Crippen molar-refractivity contribution in [2.45, 2.75) is 31.7 Å². The molecule has 1 amide bonds. The second-order valence-corrected chi connectivity index (χ2v) is 6.88. The molecule has 1 aliphatic heterocycles. The maximum absolute atomic E-state index is 12.6. The van der Waals surface area contributed by atoms with Gasteiger partial charge in [-0.3, -0.25) is 9.89 Å². The second kappa shape index (κ2) is 5.22.